The molecule has 0 aromatic rings. The fourth-order valence-corrected chi connectivity index (χ4v) is 2.42. The summed E-state index contributed by atoms with van der Waals surface area (Å²) >= 11 is 0. The van der Waals surface area contributed by atoms with Crippen LogP contribution in [-0.2, 0) is 4.74 Å². The van der Waals surface area contributed by atoms with Crippen molar-refractivity contribution in [3.63, 3.8) is 0 Å². The van der Waals surface area contributed by atoms with Gasteiger partial charge in [0.1, 0.15) is 5.60 Å². The normalized spacial score (nSPS) is 18.0. The second-order valence-electron chi connectivity index (χ2n) is 7.02. The zero-order valence-electron chi connectivity index (χ0n) is 14.4. The predicted molar refractivity (Wildman–Crippen MR) is 82.4 cm³/mol. The van der Waals surface area contributed by atoms with Crippen molar-refractivity contribution >= 4 is 6.09 Å². The summed E-state index contributed by atoms with van der Waals surface area (Å²) in [6.45, 7) is 6.58. The fourth-order valence-electron chi connectivity index (χ4n) is 2.42. The van der Waals surface area contributed by atoms with E-state index in [1.165, 1.54) is 9.80 Å². The van der Waals surface area contributed by atoms with Crippen LogP contribution in [0.3, 0.4) is 0 Å². The Morgan fingerprint density at radius 3 is 2.30 bits per heavy atom. The first kappa shape index (κ1) is 20.0. The maximum Gasteiger partial charge on any atom is 0.410 e. The SMILES string of the molecule is CN(CCNC1CCN(CC(F)(F)F)CC1)C(=O)OC(C)(C)C. The lowest BCUT2D eigenvalue weighted by Crippen LogP contribution is -2.47. The van der Waals surface area contributed by atoms with E-state index in [1.54, 1.807) is 7.05 Å². The van der Waals surface area contributed by atoms with Crippen LogP contribution in [0.1, 0.15) is 33.6 Å². The largest absolute Gasteiger partial charge is 0.444 e. The van der Waals surface area contributed by atoms with Gasteiger partial charge >= 0.3 is 12.3 Å². The molecule has 23 heavy (non-hydrogen) atoms. The number of carbonyl (C=O) groups excluding carboxylic acids is 1. The van der Waals surface area contributed by atoms with E-state index in [0.717, 1.165) is 0 Å². The standard InChI is InChI=1S/C15H28F3N3O2/c1-14(2,3)23-13(22)20(4)10-7-19-12-5-8-21(9-6-12)11-15(16,17)18/h12,19H,5-11H2,1-4H3. The van der Waals surface area contributed by atoms with E-state index >= 15 is 0 Å². The number of amides is 1. The zero-order chi connectivity index (χ0) is 17.7. The second kappa shape index (κ2) is 8.19. The number of ether oxygens (including phenoxy) is 1. The Labute approximate surface area is 136 Å². The van der Waals surface area contributed by atoms with E-state index in [2.05, 4.69) is 5.32 Å². The number of nitrogens with one attached hydrogen (secondary N) is 1. The van der Waals surface area contributed by atoms with Crippen molar-refractivity contribution < 1.29 is 22.7 Å². The summed E-state index contributed by atoms with van der Waals surface area (Å²) in [6, 6.07) is 0.200. The second-order valence-corrected chi connectivity index (χ2v) is 7.02. The molecular formula is C15H28F3N3O2. The minimum absolute atomic E-state index is 0.200. The summed E-state index contributed by atoms with van der Waals surface area (Å²) in [6.07, 6.45) is -3.13. The molecule has 5 nitrogen and oxygen atoms in total. The van der Waals surface area contributed by atoms with Crippen molar-refractivity contribution in [2.45, 2.75) is 51.4 Å². The van der Waals surface area contributed by atoms with Crippen LogP contribution in [0.15, 0.2) is 0 Å². The van der Waals surface area contributed by atoms with E-state index in [4.69, 9.17) is 4.74 Å². The number of alkyl halides is 3. The number of carbonyl (C=O) groups is 1. The van der Waals surface area contributed by atoms with Crippen molar-refractivity contribution in [3.8, 4) is 0 Å². The number of rotatable bonds is 5. The third kappa shape index (κ3) is 9.00. The average molecular weight is 339 g/mol. The summed E-state index contributed by atoms with van der Waals surface area (Å²) < 4.78 is 42.2. The summed E-state index contributed by atoms with van der Waals surface area (Å²) in [4.78, 5) is 14.7. The molecule has 1 aliphatic heterocycles. The molecule has 1 N–H and O–H groups in total. The Morgan fingerprint density at radius 2 is 1.83 bits per heavy atom. The van der Waals surface area contributed by atoms with Crippen molar-refractivity contribution in [2.75, 3.05) is 39.8 Å². The first-order valence-corrected chi connectivity index (χ1v) is 7.93. The van der Waals surface area contributed by atoms with Gasteiger partial charge in [0.05, 0.1) is 6.54 Å². The molecule has 1 aliphatic rings. The van der Waals surface area contributed by atoms with Crippen LogP contribution in [0.25, 0.3) is 0 Å². The number of piperidine rings is 1. The number of nitrogens with zero attached hydrogens (tertiary/aromatic N) is 2. The zero-order valence-corrected chi connectivity index (χ0v) is 14.4. The molecule has 136 valence electrons. The molecule has 0 aromatic carbocycles. The minimum atomic E-state index is -4.13. The quantitative estimate of drug-likeness (QED) is 0.836. The molecule has 1 amide bonds. The van der Waals surface area contributed by atoms with E-state index in [1.807, 2.05) is 20.8 Å². The highest BCUT2D eigenvalue weighted by Crippen LogP contribution is 2.19. The van der Waals surface area contributed by atoms with Crippen LogP contribution >= 0.6 is 0 Å². The van der Waals surface area contributed by atoms with Crippen LogP contribution in [0, 0.1) is 0 Å². The van der Waals surface area contributed by atoms with E-state index in [-0.39, 0.29) is 12.1 Å². The van der Waals surface area contributed by atoms with Crippen LogP contribution in [0.4, 0.5) is 18.0 Å². The Morgan fingerprint density at radius 1 is 1.26 bits per heavy atom. The minimum Gasteiger partial charge on any atom is -0.444 e. The van der Waals surface area contributed by atoms with Gasteiger partial charge in [-0.2, -0.15) is 13.2 Å². The van der Waals surface area contributed by atoms with Gasteiger partial charge in [0.2, 0.25) is 0 Å². The van der Waals surface area contributed by atoms with Gasteiger partial charge in [-0.3, -0.25) is 4.90 Å². The van der Waals surface area contributed by atoms with Gasteiger partial charge in [0, 0.05) is 26.2 Å². The number of likely N-dealkylation sites (N-methyl/N-ethyl adjacent to an activating group) is 1. The van der Waals surface area contributed by atoms with E-state index in [0.29, 0.717) is 39.0 Å². The highest BCUT2D eigenvalue weighted by atomic mass is 19.4. The van der Waals surface area contributed by atoms with Crippen molar-refractivity contribution in [3.05, 3.63) is 0 Å². The molecule has 0 aromatic heterocycles. The van der Waals surface area contributed by atoms with E-state index < -0.39 is 18.3 Å². The van der Waals surface area contributed by atoms with Gasteiger partial charge in [-0.15, -0.1) is 0 Å². The summed E-state index contributed by atoms with van der Waals surface area (Å²) in [5.41, 5.74) is -0.524. The van der Waals surface area contributed by atoms with Gasteiger partial charge < -0.3 is 15.0 Å². The highest BCUT2D eigenvalue weighted by molar-refractivity contribution is 5.67. The number of hydrogen-bond acceptors (Lipinski definition) is 4. The molecule has 0 bridgehead atoms. The van der Waals surface area contributed by atoms with Crippen LogP contribution in [0.2, 0.25) is 0 Å². The smallest absolute Gasteiger partial charge is 0.410 e. The van der Waals surface area contributed by atoms with E-state index in [9.17, 15) is 18.0 Å². The first-order valence-electron chi connectivity index (χ1n) is 7.93. The van der Waals surface area contributed by atoms with Crippen LogP contribution < -0.4 is 5.32 Å². The maximum absolute atomic E-state index is 12.3. The molecular weight excluding hydrogens is 311 g/mol. The maximum atomic E-state index is 12.3. The lowest BCUT2D eigenvalue weighted by Gasteiger charge is -2.33. The summed E-state index contributed by atoms with van der Waals surface area (Å²) in [7, 11) is 1.67. The lowest BCUT2D eigenvalue weighted by atomic mass is 10.1. The number of hydrogen-bond donors (Lipinski definition) is 1. The van der Waals surface area contributed by atoms with Gasteiger partial charge in [-0.25, -0.2) is 4.79 Å². The fraction of sp³-hybridized carbons (Fsp3) is 0.933. The average Bonchev–Trinajstić information content (AvgIpc) is 2.37. The number of likely N-dealkylation sites (tertiary alicyclic amines) is 1. The molecule has 1 heterocycles. The molecule has 0 aliphatic carbocycles. The third-order valence-corrected chi connectivity index (χ3v) is 3.58. The molecule has 0 atom stereocenters. The lowest BCUT2D eigenvalue weighted by molar-refractivity contribution is -0.148. The van der Waals surface area contributed by atoms with Crippen molar-refractivity contribution in [2.24, 2.45) is 0 Å². The highest BCUT2D eigenvalue weighted by Gasteiger charge is 2.32. The Bertz CT molecular complexity index is 375. The summed E-state index contributed by atoms with van der Waals surface area (Å²) in [5, 5.41) is 3.30. The van der Waals surface area contributed by atoms with Gasteiger partial charge in [0.25, 0.3) is 0 Å². The topological polar surface area (TPSA) is 44.8 Å². The molecule has 0 radical (unpaired) electrons. The van der Waals surface area contributed by atoms with Crippen LogP contribution in [-0.4, -0.2) is 73.5 Å². The third-order valence-electron chi connectivity index (χ3n) is 3.58. The first-order chi connectivity index (χ1) is 10.5. The predicted octanol–water partition coefficient (Wildman–Crippen LogP) is 2.47. The molecule has 1 rings (SSSR count). The number of halogens is 3. The van der Waals surface area contributed by atoms with Gasteiger partial charge in [0.15, 0.2) is 0 Å². The Kier molecular flexibility index (Phi) is 7.13. The van der Waals surface area contributed by atoms with Crippen LogP contribution in [0.5, 0.6) is 0 Å². The molecule has 1 fully saturated rings. The molecule has 0 unspecified atom stereocenters. The molecule has 0 spiro atoms. The Balaban J connectivity index is 2.19. The van der Waals surface area contributed by atoms with Gasteiger partial charge in [-0.1, -0.05) is 0 Å². The summed E-state index contributed by atoms with van der Waals surface area (Å²) in [5.74, 6) is 0. The van der Waals surface area contributed by atoms with Crippen molar-refractivity contribution in [1.82, 2.24) is 15.1 Å². The van der Waals surface area contributed by atoms with Gasteiger partial charge in [-0.05, 0) is 46.7 Å². The molecule has 0 saturated carbocycles. The van der Waals surface area contributed by atoms with Crippen molar-refractivity contribution in [1.29, 1.82) is 0 Å². The molecule has 1 saturated heterocycles. The monoisotopic (exact) mass is 339 g/mol. The Hall–Kier alpha value is -1.02. The molecule has 8 heteroatoms.